The van der Waals surface area contributed by atoms with Gasteiger partial charge in [0.25, 0.3) is 0 Å². The average molecular weight is 471 g/mol. The van der Waals surface area contributed by atoms with Crippen LogP contribution in [0.1, 0.15) is 50.7 Å². The first-order chi connectivity index (χ1) is 15.6. The highest BCUT2D eigenvalue weighted by Crippen LogP contribution is 2.38. The fourth-order valence-corrected chi connectivity index (χ4v) is 4.37. The van der Waals surface area contributed by atoms with E-state index in [9.17, 15) is 9.18 Å². The molecule has 176 valence electrons. The average Bonchev–Trinajstić information content (AvgIpc) is 3.18. The summed E-state index contributed by atoms with van der Waals surface area (Å²) in [6.07, 6.45) is 0. The summed E-state index contributed by atoms with van der Waals surface area (Å²) < 4.78 is 14.4. The van der Waals surface area contributed by atoms with Gasteiger partial charge in [0.05, 0.1) is 17.8 Å². The number of benzene rings is 2. The minimum Gasteiger partial charge on any atom is -0.327 e. The van der Waals surface area contributed by atoms with E-state index in [0.29, 0.717) is 17.5 Å². The Labute approximate surface area is 200 Å². The molecule has 0 radical (unpaired) electrons. The van der Waals surface area contributed by atoms with Gasteiger partial charge in [0, 0.05) is 29.4 Å². The molecule has 0 spiro atoms. The van der Waals surface area contributed by atoms with Gasteiger partial charge in [0.2, 0.25) is 5.91 Å². The molecule has 0 atom stereocenters. The fourth-order valence-electron chi connectivity index (χ4n) is 4.24. The minimum absolute atomic E-state index is 0.0191. The van der Waals surface area contributed by atoms with E-state index in [0.717, 1.165) is 29.2 Å². The topological polar surface area (TPSA) is 64.2 Å². The molecule has 2 heterocycles. The molecule has 33 heavy (non-hydrogen) atoms. The van der Waals surface area contributed by atoms with Crippen LogP contribution in [0.15, 0.2) is 48.5 Å². The molecule has 2 N–H and O–H groups in total. The monoisotopic (exact) mass is 470 g/mol. The molecule has 2 aromatic carbocycles. The lowest BCUT2D eigenvalue weighted by atomic mass is 9.98. The Morgan fingerprint density at radius 3 is 2.24 bits per heavy atom. The van der Waals surface area contributed by atoms with Crippen LogP contribution >= 0.6 is 11.6 Å². The van der Waals surface area contributed by atoms with Crippen LogP contribution < -0.4 is 5.73 Å². The minimum atomic E-state index is -0.497. The number of aryl methyl sites for hydroxylation is 1. The van der Waals surface area contributed by atoms with E-state index in [-0.39, 0.29) is 18.3 Å². The Morgan fingerprint density at radius 1 is 1.12 bits per heavy atom. The third-order valence-corrected chi connectivity index (χ3v) is 6.18. The summed E-state index contributed by atoms with van der Waals surface area (Å²) in [7, 11) is 0. The second-order valence-corrected chi connectivity index (χ2v) is 9.52. The van der Waals surface area contributed by atoms with Crippen LogP contribution in [0.5, 0.6) is 0 Å². The van der Waals surface area contributed by atoms with Crippen LogP contribution in [0.2, 0.25) is 5.02 Å². The number of hydrogen-bond acceptors (Lipinski definition) is 3. The number of hydrogen-bond donors (Lipinski definition) is 1. The number of halogens is 2. The maximum Gasteiger partial charge on any atom is 0.237 e. The van der Waals surface area contributed by atoms with Gasteiger partial charge in [-0.2, -0.15) is 0 Å². The molecular weight excluding hydrogens is 439 g/mol. The Bertz CT molecular complexity index is 1080. The summed E-state index contributed by atoms with van der Waals surface area (Å²) in [5, 5.41) is 0.707. The van der Waals surface area contributed by atoms with Crippen LogP contribution in [0, 0.1) is 12.7 Å². The molecule has 0 aliphatic carbocycles. The molecule has 0 bridgehead atoms. The van der Waals surface area contributed by atoms with Crippen molar-refractivity contribution in [3.63, 3.8) is 0 Å². The van der Waals surface area contributed by atoms with E-state index in [1.54, 1.807) is 12.1 Å². The quantitative estimate of drug-likeness (QED) is 0.550. The summed E-state index contributed by atoms with van der Waals surface area (Å²) >= 11 is 6.04. The first-order valence-corrected chi connectivity index (χ1v) is 11.5. The lowest BCUT2D eigenvalue weighted by Crippen LogP contribution is -2.53. The van der Waals surface area contributed by atoms with Gasteiger partial charge < -0.3 is 15.2 Å². The Hall–Kier alpha value is -2.70. The molecule has 1 amide bonds. The molecule has 0 unspecified atom stereocenters. The van der Waals surface area contributed by atoms with Gasteiger partial charge in [0.15, 0.2) is 0 Å². The highest BCUT2D eigenvalue weighted by molar-refractivity contribution is 6.30. The summed E-state index contributed by atoms with van der Waals surface area (Å²) in [4.78, 5) is 19.1. The largest absolute Gasteiger partial charge is 0.327 e. The lowest BCUT2D eigenvalue weighted by Gasteiger charge is -2.42. The predicted molar refractivity (Wildman–Crippen MR) is 132 cm³/mol. The Morgan fingerprint density at radius 2 is 1.73 bits per heavy atom. The van der Waals surface area contributed by atoms with Gasteiger partial charge in [-0.15, -0.1) is 0 Å². The molecule has 1 aliphatic heterocycles. The second-order valence-electron chi connectivity index (χ2n) is 9.09. The molecular formula is C26H32ClFN4O. The maximum atomic E-state index is 12.3. The zero-order chi connectivity index (χ0) is 24.3. The number of nitrogens with zero attached hydrogens (tertiary/aromatic N) is 3. The summed E-state index contributed by atoms with van der Waals surface area (Å²) in [5.74, 6) is 1.02. The van der Waals surface area contributed by atoms with Gasteiger partial charge in [-0.25, -0.2) is 9.37 Å². The Balaban J connectivity index is 0.000000323. The molecule has 1 aromatic heterocycles. The highest BCUT2D eigenvalue weighted by Gasteiger charge is 2.41. The van der Waals surface area contributed by atoms with Crippen molar-refractivity contribution in [3.05, 3.63) is 76.5 Å². The number of aromatic nitrogens is 2. The Kier molecular flexibility index (Phi) is 7.60. The smallest absolute Gasteiger partial charge is 0.237 e. The maximum absolute atomic E-state index is 12.3. The SMILES string of the molecule is CC(C)c1c(-c2ccc(Cl)cc2)nc2n1CCN(C(=O)CN)C2(C)C.Cc1ccc(F)cc1. The zero-order valence-electron chi connectivity index (χ0n) is 19.9. The molecule has 5 nitrogen and oxygen atoms in total. The van der Waals surface area contributed by atoms with Crippen molar-refractivity contribution >= 4 is 17.5 Å². The highest BCUT2D eigenvalue weighted by atomic mass is 35.5. The van der Waals surface area contributed by atoms with Crippen LogP contribution in [0.3, 0.4) is 0 Å². The van der Waals surface area contributed by atoms with Crippen molar-refractivity contribution in [1.82, 2.24) is 14.5 Å². The first-order valence-electron chi connectivity index (χ1n) is 11.2. The number of carbonyl (C=O) groups is 1. The van der Waals surface area contributed by atoms with E-state index in [4.69, 9.17) is 22.3 Å². The van der Waals surface area contributed by atoms with Crippen LogP contribution in [-0.2, 0) is 16.9 Å². The van der Waals surface area contributed by atoms with E-state index in [2.05, 4.69) is 18.4 Å². The summed E-state index contributed by atoms with van der Waals surface area (Å²) in [6.45, 7) is 11.8. The van der Waals surface area contributed by atoms with Gasteiger partial charge in [-0.3, -0.25) is 4.79 Å². The van der Waals surface area contributed by atoms with Crippen molar-refractivity contribution in [2.75, 3.05) is 13.1 Å². The van der Waals surface area contributed by atoms with Gasteiger partial charge in [-0.1, -0.05) is 55.3 Å². The third kappa shape index (κ3) is 5.28. The second kappa shape index (κ2) is 10.1. The molecule has 1 aliphatic rings. The number of carbonyl (C=O) groups excluding carboxylic acids is 1. The van der Waals surface area contributed by atoms with E-state index in [1.807, 2.05) is 49.9 Å². The third-order valence-electron chi connectivity index (χ3n) is 5.93. The lowest BCUT2D eigenvalue weighted by molar-refractivity contribution is -0.137. The first kappa shape index (κ1) is 24.9. The number of amides is 1. The summed E-state index contributed by atoms with van der Waals surface area (Å²) in [5.41, 5.74) is 9.41. The fraction of sp³-hybridized carbons (Fsp3) is 0.385. The molecule has 0 fully saturated rings. The predicted octanol–water partition coefficient (Wildman–Crippen LogP) is 5.50. The molecule has 0 saturated carbocycles. The van der Waals surface area contributed by atoms with Crippen molar-refractivity contribution in [2.45, 2.75) is 52.6 Å². The normalized spacial score (nSPS) is 14.5. The van der Waals surface area contributed by atoms with E-state index in [1.165, 1.54) is 17.8 Å². The van der Waals surface area contributed by atoms with Crippen molar-refractivity contribution in [3.8, 4) is 11.3 Å². The van der Waals surface area contributed by atoms with Gasteiger partial charge in [0.1, 0.15) is 11.6 Å². The van der Waals surface area contributed by atoms with Crippen LogP contribution in [0.25, 0.3) is 11.3 Å². The number of rotatable bonds is 3. The van der Waals surface area contributed by atoms with E-state index >= 15 is 0 Å². The van der Waals surface area contributed by atoms with Gasteiger partial charge >= 0.3 is 0 Å². The molecule has 4 rings (SSSR count). The van der Waals surface area contributed by atoms with Crippen molar-refractivity contribution < 1.29 is 9.18 Å². The van der Waals surface area contributed by atoms with Crippen molar-refractivity contribution in [2.24, 2.45) is 5.73 Å². The van der Waals surface area contributed by atoms with E-state index < -0.39 is 5.54 Å². The molecule has 7 heteroatoms. The summed E-state index contributed by atoms with van der Waals surface area (Å²) in [6, 6.07) is 14.2. The van der Waals surface area contributed by atoms with Crippen LogP contribution in [0.4, 0.5) is 4.39 Å². The molecule has 3 aromatic rings. The number of fused-ring (bicyclic) bond motifs is 1. The zero-order valence-corrected chi connectivity index (χ0v) is 20.7. The number of nitrogens with two attached hydrogens (primary N) is 1. The standard InChI is InChI=1S/C19H25ClN4O.C7H7F/c1-12(2)17-16(13-5-7-14(20)8-6-13)22-18-19(3,4)24(15(25)11-21)10-9-23(17)18;1-6-2-4-7(8)5-3-6/h5-8,12H,9-11,21H2,1-4H3;2-5H,1H3. The van der Waals surface area contributed by atoms with Crippen molar-refractivity contribution in [1.29, 1.82) is 0 Å². The number of imidazole rings is 1. The van der Waals surface area contributed by atoms with Gasteiger partial charge in [-0.05, 0) is 51.0 Å². The molecule has 0 saturated heterocycles. The van der Waals surface area contributed by atoms with Crippen LogP contribution in [-0.4, -0.2) is 33.4 Å².